The molecule has 0 radical (unpaired) electrons. The highest BCUT2D eigenvalue weighted by molar-refractivity contribution is 7.07. The number of nitrogen functional groups attached to an aromatic ring is 1. The Morgan fingerprint density at radius 2 is 2.38 bits per heavy atom. The van der Waals surface area contributed by atoms with Crippen molar-refractivity contribution in [2.24, 2.45) is 0 Å². The quantitative estimate of drug-likeness (QED) is 0.446. The van der Waals surface area contributed by atoms with Crippen LogP contribution in [0.15, 0.2) is 21.6 Å². The summed E-state index contributed by atoms with van der Waals surface area (Å²) < 4.78 is 4.65. The van der Waals surface area contributed by atoms with Gasteiger partial charge in [0.15, 0.2) is 5.69 Å². The Labute approximate surface area is 138 Å². The lowest BCUT2D eigenvalue weighted by molar-refractivity contribution is -0.387. The fourth-order valence-electron chi connectivity index (χ4n) is 2.22. The van der Waals surface area contributed by atoms with Crippen LogP contribution in [0.2, 0.25) is 0 Å². The van der Waals surface area contributed by atoms with E-state index in [0.29, 0.717) is 5.56 Å². The normalized spacial score (nSPS) is 12.8. The molecule has 10 nitrogen and oxygen atoms in total. The van der Waals surface area contributed by atoms with Crippen LogP contribution >= 0.6 is 11.3 Å². The molecule has 0 fully saturated rings. The Bertz CT molecular complexity index is 885. The van der Waals surface area contributed by atoms with Crippen LogP contribution in [0.25, 0.3) is 0 Å². The number of nitro groups is 1. The van der Waals surface area contributed by atoms with Gasteiger partial charge < -0.3 is 10.5 Å². The second-order valence-electron chi connectivity index (χ2n) is 4.72. The van der Waals surface area contributed by atoms with Crippen LogP contribution in [0, 0.1) is 21.4 Å². The molecule has 2 aromatic rings. The van der Waals surface area contributed by atoms with Crippen molar-refractivity contribution in [1.29, 1.82) is 5.26 Å². The van der Waals surface area contributed by atoms with Crippen LogP contribution in [0.5, 0.6) is 0 Å². The van der Waals surface area contributed by atoms with E-state index in [9.17, 15) is 25.0 Å². The SMILES string of the molecule is COC(=O)C(Cc1ccsc1)([14C]#N)c1nc(N)[nH]c(=O)c1[N+](=O)[O-]. The highest BCUT2D eigenvalue weighted by Gasteiger charge is 2.49. The van der Waals surface area contributed by atoms with Crippen LogP contribution in [-0.4, -0.2) is 28.0 Å². The number of rotatable bonds is 5. The average Bonchev–Trinajstić information content (AvgIpc) is 3.03. The van der Waals surface area contributed by atoms with E-state index < -0.39 is 39.2 Å². The van der Waals surface area contributed by atoms with Crippen molar-refractivity contribution in [3.05, 3.63) is 48.6 Å². The second kappa shape index (κ2) is 6.47. The number of thiophene rings is 1. The van der Waals surface area contributed by atoms with Crippen LogP contribution < -0.4 is 11.3 Å². The molecule has 24 heavy (non-hydrogen) atoms. The maximum Gasteiger partial charge on any atom is 0.357 e. The predicted molar refractivity (Wildman–Crippen MR) is 83.3 cm³/mol. The number of hydrogen-bond acceptors (Lipinski definition) is 9. The molecular weight excluding hydrogens is 340 g/mol. The first-order chi connectivity index (χ1) is 11.4. The molecule has 0 aliphatic rings. The standard InChI is InChI=1S/C13H11N5O5S/c1-23-11(20)13(6-14,4-7-2-3-24-5-7)9-8(18(21)22)10(19)17-12(15)16-9/h2-3,5H,4H2,1H3,(H3,15,16,17,19)/i6+2. The van der Waals surface area contributed by atoms with Crippen molar-refractivity contribution in [3.63, 3.8) is 0 Å². The smallest absolute Gasteiger partial charge is 0.357 e. The van der Waals surface area contributed by atoms with Gasteiger partial charge in [0.2, 0.25) is 11.4 Å². The van der Waals surface area contributed by atoms with Crippen molar-refractivity contribution in [3.8, 4) is 6.07 Å². The molecule has 0 amide bonds. The van der Waals surface area contributed by atoms with Crippen LogP contribution in [0.1, 0.15) is 11.3 Å². The van der Waals surface area contributed by atoms with Crippen molar-refractivity contribution < 1.29 is 14.5 Å². The fourth-order valence-corrected chi connectivity index (χ4v) is 2.88. The first-order valence-electron chi connectivity index (χ1n) is 6.41. The summed E-state index contributed by atoms with van der Waals surface area (Å²) in [6, 6.07) is 3.37. The first kappa shape index (κ1) is 17.1. The zero-order valence-corrected chi connectivity index (χ0v) is 13.1. The van der Waals surface area contributed by atoms with Gasteiger partial charge in [-0.25, -0.2) is 9.78 Å². The molecule has 0 aliphatic carbocycles. The van der Waals surface area contributed by atoms with Gasteiger partial charge >= 0.3 is 17.2 Å². The molecule has 2 rings (SSSR count). The molecule has 1 atom stereocenters. The lowest BCUT2D eigenvalue weighted by Gasteiger charge is -2.22. The summed E-state index contributed by atoms with van der Waals surface area (Å²) in [5, 5.41) is 24.3. The summed E-state index contributed by atoms with van der Waals surface area (Å²) in [5.74, 6) is -1.52. The number of ether oxygens (including phenoxy) is 1. The molecule has 2 heterocycles. The van der Waals surface area contributed by atoms with E-state index in [1.54, 1.807) is 22.9 Å². The minimum absolute atomic E-state index is 0.254. The number of aromatic nitrogens is 2. The van der Waals surface area contributed by atoms with Crippen LogP contribution in [-0.2, 0) is 21.4 Å². The summed E-state index contributed by atoms with van der Waals surface area (Å²) in [6.07, 6.45) is -0.254. The number of nitrogens with one attached hydrogen (secondary N) is 1. The Balaban J connectivity index is 2.82. The molecule has 0 saturated heterocycles. The maximum absolute atomic E-state index is 12.3. The maximum atomic E-state index is 12.3. The fraction of sp³-hybridized carbons (Fsp3) is 0.231. The van der Waals surface area contributed by atoms with Gasteiger partial charge in [-0.3, -0.25) is 19.9 Å². The number of carbonyl (C=O) groups is 1. The number of carbonyl (C=O) groups excluding carboxylic acids is 1. The predicted octanol–water partition coefficient (Wildman–Crippen LogP) is 0.499. The Kier molecular flexibility index (Phi) is 4.61. The molecule has 0 bridgehead atoms. The number of H-pyrrole nitrogens is 1. The Hall–Kier alpha value is -3.26. The summed E-state index contributed by atoms with van der Waals surface area (Å²) in [4.78, 5) is 40.2. The van der Waals surface area contributed by atoms with E-state index in [0.717, 1.165) is 7.11 Å². The lowest BCUT2D eigenvalue weighted by atomic mass is 9.88. The number of nitrogens with zero attached hydrogens (tertiary/aromatic N) is 3. The molecule has 0 spiro atoms. The highest BCUT2D eigenvalue weighted by Crippen LogP contribution is 2.33. The van der Waals surface area contributed by atoms with E-state index in [-0.39, 0.29) is 6.42 Å². The average molecular weight is 351 g/mol. The van der Waals surface area contributed by atoms with E-state index in [1.807, 2.05) is 4.98 Å². The summed E-state index contributed by atoms with van der Waals surface area (Å²) in [7, 11) is 1.03. The van der Waals surface area contributed by atoms with Crippen molar-refractivity contribution in [2.45, 2.75) is 11.8 Å². The summed E-state index contributed by atoms with van der Waals surface area (Å²) in [6.45, 7) is 0. The molecule has 124 valence electrons. The zero-order valence-electron chi connectivity index (χ0n) is 12.3. The Morgan fingerprint density at radius 3 is 2.88 bits per heavy atom. The lowest BCUT2D eigenvalue weighted by Crippen LogP contribution is -2.41. The van der Waals surface area contributed by atoms with E-state index in [1.165, 1.54) is 11.3 Å². The third-order valence-electron chi connectivity index (χ3n) is 3.27. The van der Waals surface area contributed by atoms with Gasteiger partial charge in [-0.05, 0) is 22.4 Å². The largest absolute Gasteiger partial charge is 0.468 e. The Morgan fingerprint density at radius 1 is 1.67 bits per heavy atom. The van der Waals surface area contributed by atoms with Gasteiger partial charge in [-0.2, -0.15) is 16.6 Å². The van der Waals surface area contributed by atoms with Gasteiger partial charge in [-0.15, -0.1) is 0 Å². The third-order valence-corrected chi connectivity index (χ3v) is 4.01. The first-order valence-corrected chi connectivity index (χ1v) is 7.35. The number of nitrogens with two attached hydrogens (primary N) is 1. The summed E-state index contributed by atoms with van der Waals surface area (Å²) >= 11 is 1.31. The molecular formula is C13H11N5O5S. The number of aromatic amines is 1. The van der Waals surface area contributed by atoms with Crippen LogP contribution in [0.4, 0.5) is 11.6 Å². The van der Waals surface area contributed by atoms with Crippen molar-refractivity contribution >= 4 is 28.9 Å². The molecule has 2 aromatic heterocycles. The summed E-state index contributed by atoms with van der Waals surface area (Å²) in [5.41, 5.74) is 1.00. The van der Waals surface area contributed by atoms with E-state index in [4.69, 9.17) is 5.73 Å². The number of nitriles is 1. The molecule has 3 N–H and O–H groups in total. The minimum atomic E-state index is -2.18. The van der Waals surface area contributed by atoms with Gasteiger partial charge in [0.25, 0.3) is 0 Å². The molecule has 1 unspecified atom stereocenters. The molecule has 0 aliphatic heterocycles. The molecule has 11 heteroatoms. The second-order valence-corrected chi connectivity index (χ2v) is 5.50. The highest BCUT2D eigenvalue weighted by atomic mass is 32.1. The van der Waals surface area contributed by atoms with Crippen LogP contribution in [0.3, 0.4) is 0 Å². The third kappa shape index (κ3) is 2.82. The van der Waals surface area contributed by atoms with Crippen molar-refractivity contribution in [2.75, 3.05) is 12.8 Å². The zero-order chi connectivity index (χ0) is 17.9. The van der Waals surface area contributed by atoms with E-state index >= 15 is 0 Å². The van der Waals surface area contributed by atoms with Gasteiger partial charge in [-0.1, -0.05) is 0 Å². The topological polar surface area (TPSA) is 165 Å². The number of methoxy groups -OCH3 is 1. The van der Waals surface area contributed by atoms with Gasteiger partial charge in [0, 0.05) is 6.42 Å². The monoisotopic (exact) mass is 351 g/mol. The number of hydrogen-bond donors (Lipinski definition) is 2. The van der Waals surface area contributed by atoms with Gasteiger partial charge in [0.05, 0.1) is 18.1 Å². The van der Waals surface area contributed by atoms with Gasteiger partial charge in [0.1, 0.15) is 0 Å². The molecule has 0 aromatic carbocycles. The number of esters is 1. The minimum Gasteiger partial charge on any atom is -0.468 e. The van der Waals surface area contributed by atoms with Crippen molar-refractivity contribution in [1.82, 2.24) is 9.97 Å². The number of anilines is 1. The van der Waals surface area contributed by atoms with E-state index in [2.05, 4.69) is 9.72 Å². The molecule has 0 saturated carbocycles.